The number of hydrogen-bond acceptors (Lipinski definition) is 4. The Balaban J connectivity index is 3.67. The lowest BCUT2D eigenvalue weighted by Gasteiger charge is -2.15. The number of nitrogens with one attached hydrogen (secondary N) is 1. The fraction of sp³-hybridized carbons (Fsp3) is 0.900. The highest BCUT2D eigenvalue weighted by Gasteiger charge is 2.27. The summed E-state index contributed by atoms with van der Waals surface area (Å²) in [5.41, 5.74) is 0. The Kier molecular flexibility index (Phi) is 7.90. The van der Waals surface area contributed by atoms with Gasteiger partial charge < -0.3 is 14.8 Å². The molecule has 0 aromatic rings. The van der Waals surface area contributed by atoms with E-state index in [0.29, 0.717) is 6.42 Å². The summed E-state index contributed by atoms with van der Waals surface area (Å²) in [5.74, 6) is -0.397. The summed E-state index contributed by atoms with van der Waals surface area (Å²) in [5, 5.41) is 2.77. The van der Waals surface area contributed by atoms with Crippen LogP contribution < -0.4 is 5.32 Å². The molecule has 0 rings (SSSR count). The van der Waals surface area contributed by atoms with Crippen LogP contribution in [0.3, 0.4) is 0 Å². The summed E-state index contributed by atoms with van der Waals surface area (Å²) in [6.45, 7) is 2.55. The van der Waals surface area contributed by atoms with Crippen LogP contribution in [0.2, 0.25) is 0 Å². The molecule has 0 aliphatic carbocycles. The number of carbonyl (C=O) groups is 1. The predicted octanol–water partition coefficient (Wildman–Crippen LogP) is 1.50. The van der Waals surface area contributed by atoms with Gasteiger partial charge in [-0.05, 0) is 13.3 Å². The number of esters is 1. The van der Waals surface area contributed by atoms with Gasteiger partial charge in [-0.25, -0.2) is 0 Å². The third kappa shape index (κ3) is 8.93. The van der Waals surface area contributed by atoms with Crippen LogP contribution in [-0.4, -0.2) is 44.6 Å². The van der Waals surface area contributed by atoms with Crippen LogP contribution in [0.4, 0.5) is 13.2 Å². The van der Waals surface area contributed by atoms with Gasteiger partial charge in [0.15, 0.2) is 0 Å². The van der Waals surface area contributed by atoms with Crippen molar-refractivity contribution in [1.29, 1.82) is 0 Å². The zero-order chi connectivity index (χ0) is 13.3. The molecule has 1 unspecified atom stereocenters. The van der Waals surface area contributed by atoms with Crippen molar-refractivity contribution in [3.05, 3.63) is 0 Å². The number of ether oxygens (including phenoxy) is 2. The first-order valence-corrected chi connectivity index (χ1v) is 5.45. The van der Waals surface area contributed by atoms with Gasteiger partial charge in [0.05, 0.1) is 13.2 Å². The largest absolute Gasteiger partial charge is 0.465 e. The normalized spacial score (nSPS) is 13.5. The van der Waals surface area contributed by atoms with Crippen molar-refractivity contribution in [2.24, 2.45) is 0 Å². The van der Waals surface area contributed by atoms with Crippen LogP contribution in [-0.2, 0) is 14.3 Å². The molecule has 7 heteroatoms. The maximum absolute atomic E-state index is 11.7. The molecule has 0 radical (unpaired) electrons. The van der Waals surface area contributed by atoms with E-state index in [2.05, 4.69) is 10.1 Å². The fourth-order valence-electron chi connectivity index (χ4n) is 1.13. The number of hydrogen-bond donors (Lipinski definition) is 1. The molecule has 0 bridgehead atoms. The predicted molar refractivity (Wildman–Crippen MR) is 55.6 cm³/mol. The summed E-state index contributed by atoms with van der Waals surface area (Å²) in [6, 6.07) is -0.496. The SMILES string of the molecule is CCOC(=O)C(CC)NCCOCC(F)(F)F. The van der Waals surface area contributed by atoms with Crippen molar-refractivity contribution < 1.29 is 27.4 Å². The van der Waals surface area contributed by atoms with E-state index in [1.165, 1.54) is 0 Å². The van der Waals surface area contributed by atoms with E-state index in [0.717, 1.165) is 0 Å². The van der Waals surface area contributed by atoms with Crippen molar-refractivity contribution in [3.63, 3.8) is 0 Å². The van der Waals surface area contributed by atoms with Crippen LogP contribution >= 0.6 is 0 Å². The van der Waals surface area contributed by atoms with Gasteiger partial charge in [0, 0.05) is 6.54 Å². The first-order valence-electron chi connectivity index (χ1n) is 5.45. The highest BCUT2D eigenvalue weighted by atomic mass is 19.4. The quantitative estimate of drug-likeness (QED) is 0.529. The van der Waals surface area contributed by atoms with Crippen LogP contribution in [0.15, 0.2) is 0 Å². The second-order valence-corrected chi connectivity index (χ2v) is 3.33. The van der Waals surface area contributed by atoms with Crippen LogP contribution in [0.5, 0.6) is 0 Å². The van der Waals surface area contributed by atoms with E-state index in [9.17, 15) is 18.0 Å². The maximum atomic E-state index is 11.7. The summed E-state index contributed by atoms with van der Waals surface area (Å²) < 4.78 is 44.3. The molecule has 0 fully saturated rings. The molecule has 0 heterocycles. The lowest BCUT2D eigenvalue weighted by molar-refractivity contribution is -0.173. The minimum Gasteiger partial charge on any atom is -0.465 e. The molecule has 0 amide bonds. The van der Waals surface area contributed by atoms with Gasteiger partial charge in [0.1, 0.15) is 12.6 Å². The molecular formula is C10H18F3NO3. The maximum Gasteiger partial charge on any atom is 0.411 e. The van der Waals surface area contributed by atoms with Crippen molar-refractivity contribution in [2.75, 3.05) is 26.4 Å². The Hall–Kier alpha value is -0.820. The zero-order valence-corrected chi connectivity index (χ0v) is 9.97. The topological polar surface area (TPSA) is 47.6 Å². The third-order valence-corrected chi connectivity index (χ3v) is 1.88. The minimum atomic E-state index is -4.31. The first kappa shape index (κ1) is 16.2. The summed E-state index contributed by atoms with van der Waals surface area (Å²) in [7, 11) is 0. The van der Waals surface area contributed by atoms with Crippen LogP contribution in [0.1, 0.15) is 20.3 Å². The lowest BCUT2D eigenvalue weighted by Crippen LogP contribution is -2.39. The third-order valence-electron chi connectivity index (χ3n) is 1.88. The Morgan fingerprint density at radius 1 is 1.35 bits per heavy atom. The average molecular weight is 257 g/mol. The number of rotatable bonds is 8. The molecule has 0 aromatic heterocycles. The molecular weight excluding hydrogens is 239 g/mol. The van der Waals surface area contributed by atoms with Gasteiger partial charge in [-0.2, -0.15) is 13.2 Å². The Bertz CT molecular complexity index is 221. The van der Waals surface area contributed by atoms with Gasteiger partial charge in [-0.15, -0.1) is 0 Å². The number of carbonyl (C=O) groups excluding carboxylic acids is 1. The highest BCUT2D eigenvalue weighted by Crippen LogP contribution is 2.13. The molecule has 0 saturated carbocycles. The number of alkyl halides is 3. The standard InChI is InChI=1S/C10H18F3NO3/c1-3-8(9(15)17-4-2)14-5-6-16-7-10(11,12)13/h8,14H,3-7H2,1-2H3. The Morgan fingerprint density at radius 3 is 2.47 bits per heavy atom. The summed E-state index contributed by atoms with van der Waals surface area (Å²) >= 11 is 0. The summed E-state index contributed by atoms with van der Waals surface area (Å²) in [6.07, 6.45) is -3.80. The first-order chi connectivity index (χ1) is 7.90. The van der Waals surface area contributed by atoms with E-state index in [1.54, 1.807) is 13.8 Å². The van der Waals surface area contributed by atoms with Crippen molar-refractivity contribution >= 4 is 5.97 Å². The Morgan fingerprint density at radius 2 is 2.00 bits per heavy atom. The van der Waals surface area contributed by atoms with E-state index in [4.69, 9.17) is 4.74 Å². The second kappa shape index (κ2) is 8.30. The molecule has 0 aromatic carbocycles. The van der Waals surface area contributed by atoms with Gasteiger partial charge in [-0.3, -0.25) is 4.79 Å². The zero-order valence-electron chi connectivity index (χ0n) is 9.97. The smallest absolute Gasteiger partial charge is 0.411 e. The molecule has 4 nitrogen and oxygen atoms in total. The second-order valence-electron chi connectivity index (χ2n) is 3.33. The van der Waals surface area contributed by atoms with Gasteiger partial charge >= 0.3 is 12.1 Å². The molecule has 17 heavy (non-hydrogen) atoms. The van der Waals surface area contributed by atoms with Crippen molar-refractivity contribution in [3.8, 4) is 0 Å². The summed E-state index contributed by atoms with van der Waals surface area (Å²) in [4.78, 5) is 11.3. The van der Waals surface area contributed by atoms with Gasteiger partial charge in [0.25, 0.3) is 0 Å². The lowest BCUT2D eigenvalue weighted by atomic mass is 10.2. The fourth-order valence-corrected chi connectivity index (χ4v) is 1.13. The van der Waals surface area contributed by atoms with E-state index >= 15 is 0 Å². The number of halogens is 3. The van der Waals surface area contributed by atoms with Crippen molar-refractivity contribution in [2.45, 2.75) is 32.5 Å². The van der Waals surface area contributed by atoms with E-state index in [-0.39, 0.29) is 19.8 Å². The van der Waals surface area contributed by atoms with E-state index < -0.39 is 24.8 Å². The van der Waals surface area contributed by atoms with Gasteiger partial charge in [-0.1, -0.05) is 6.92 Å². The molecule has 1 atom stereocenters. The van der Waals surface area contributed by atoms with Crippen LogP contribution in [0.25, 0.3) is 0 Å². The minimum absolute atomic E-state index is 0.102. The molecule has 0 aliphatic rings. The molecule has 0 saturated heterocycles. The van der Waals surface area contributed by atoms with Crippen molar-refractivity contribution in [1.82, 2.24) is 5.32 Å². The van der Waals surface area contributed by atoms with Crippen LogP contribution in [0, 0.1) is 0 Å². The molecule has 0 aliphatic heterocycles. The molecule has 102 valence electrons. The highest BCUT2D eigenvalue weighted by molar-refractivity contribution is 5.75. The monoisotopic (exact) mass is 257 g/mol. The van der Waals surface area contributed by atoms with Gasteiger partial charge in [0.2, 0.25) is 0 Å². The molecule has 0 spiro atoms. The Labute approximate surface area is 98.5 Å². The molecule has 1 N–H and O–H groups in total. The average Bonchev–Trinajstić information content (AvgIpc) is 2.22. The van der Waals surface area contributed by atoms with E-state index in [1.807, 2.05) is 0 Å².